The van der Waals surface area contributed by atoms with E-state index in [4.69, 9.17) is 0 Å². The minimum atomic E-state index is -0.182. The third-order valence-corrected chi connectivity index (χ3v) is 4.23. The molecule has 1 aliphatic rings. The first-order chi connectivity index (χ1) is 11.1. The van der Waals surface area contributed by atoms with Gasteiger partial charge in [-0.2, -0.15) is 5.10 Å². The van der Waals surface area contributed by atoms with Gasteiger partial charge in [-0.1, -0.05) is 23.8 Å². The van der Waals surface area contributed by atoms with E-state index in [2.05, 4.69) is 21.6 Å². The van der Waals surface area contributed by atoms with E-state index in [0.29, 0.717) is 17.0 Å². The highest BCUT2D eigenvalue weighted by Crippen LogP contribution is 2.27. The van der Waals surface area contributed by atoms with Crippen molar-refractivity contribution in [2.45, 2.75) is 38.6 Å². The van der Waals surface area contributed by atoms with Gasteiger partial charge in [-0.3, -0.25) is 9.89 Å². The lowest BCUT2D eigenvalue weighted by Gasteiger charge is -2.20. The van der Waals surface area contributed by atoms with E-state index in [1.165, 1.54) is 18.4 Å². The van der Waals surface area contributed by atoms with Crippen molar-refractivity contribution in [3.05, 3.63) is 47.7 Å². The van der Waals surface area contributed by atoms with Crippen molar-refractivity contribution >= 4 is 5.91 Å². The number of hydrogen-bond donors (Lipinski definition) is 3. The van der Waals surface area contributed by atoms with Crippen LogP contribution in [0.1, 0.15) is 43.1 Å². The Kier molecular flexibility index (Phi) is 4.46. The number of carbonyl (C=O) groups excluding carboxylic acids is 1. The number of benzene rings is 1. The SMILES string of the molecule is C[C@@H](NC(=O)c1cc(-c2ccccc2O)n[nH]1)C1=CCCCC1. The predicted octanol–water partition coefficient (Wildman–Crippen LogP) is 3.40. The molecule has 0 spiro atoms. The van der Waals surface area contributed by atoms with Crippen LogP contribution in [0.15, 0.2) is 42.0 Å². The van der Waals surface area contributed by atoms with Crippen LogP contribution >= 0.6 is 0 Å². The first-order valence-electron chi connectivity index (χ1n) is 7.98. The molecule has 0 unspecified atom stereocenters. The summed E-state index contributed by atoms with van der Waals surface area (Å²) in [5.74, 6) is -0.0372. The number of rotatable bonds is 4. The van der Waals surface area contributed by atoms with Crippen molar-refractivity contribution in [2.75, 3.05) is 0 Å². The molecule has 3 rings (SSSR count). The van der Waals surface area contributed by atoms with Gasteiger partial charge in [0.2, 0.25) is 0 Å². The Labute approximate surface area is 135 Å². The molecular weight excluding hydrogens is 290 g/mol. The van der Waals surface area contributed by atoms with Crippen LogP contribution in [0.2, 0.25) is 0 Å². The van der Waals surface area contributed by atoms with Crippen LogP contribution in [0.25, 0.3) is 11.3 Å². The first kappa shape index (κ1) is 15.3. The standard InChI is InChI=1S/C18H21N3O2/c1-12(13-7-3-2-4-8-13)19-18(23)16-11-15(20-21-16)14-9-5-6-10-17(14)22/h5-7,9-12,22H,2-4,8H2,1H3,(H,19,23)(H,20,21)/t12-/m1/s1. The van der Waals surface area contributed by atoms with Gasteiger partial charge in [0.05, 0.1) is 5.69 Å². The Morgan fingerprint density at radius 2 is 2.17 bits per heavy atom. The second-order valence-corrected chi connectivity index (χ2v) is 5.90. The van der Waals surface area contributed by atoms with Gasteiger partial charge < -0.3 is 10.4 Å². The summed E-state index contributed by atoms with van der Waals surface area (Å²) < 4.78 is 0. The highest BCUT2D eigenvalue weighted by Gasteiger charge is 2.17. The maximum Gasteiger partial charge on any atom is 0.269 e. The van der Waals surface area contributed by atoms with E-state index in [1.807, 2.05) is 13.0 Å². The summed E-state index contributed by atoms with van der Waals surface area (Å²) in [5, 5.41) is 19.7. The van der Waals surface area contributed by atoms with Gasteiger partial charge in [0.1, 0.15) is 11.4 Å². The summed E-state index contributed by atoms with van der Waals surface area (Å²) in [5.41, 5.74) is 2.85. The summed E-state index contributed by atoms with van der Waals surface area (Å²) >= 11 is 0. The molecule has 0 bridgehead atoms. The van der Waals surface area contributed by atoms with Gasteiger partial charge in [-0.15, -0.1) is 0 Å². The molecule has 1 aromatic heterocycles. The molecule has 3 N–H and O–H groups in total. The van der Waals surface area contributed by atoms with Gasteiger partial charge >= 0.3 is 0 Å². The van der Waals surface area contributed by atoms with E-state index in [9.17, 15) is 9.90 Å². The number of phenolic OH excluding ortho intramolecular Hbond substituents is 1. The molecule has 23 heavy (non-hydrogen) atoms. The van der Waals surface area contributed by atoms with Crippen LogP contribution in [0.5, 0.6) is 5.75 Å². The molecule has 0 saturated heterocycles. The minimum Gasteiger partial charge on any atom is -0.507 e. The van der Waals surface area contributed by atoms with E-state index < -0.39 is 0 Å². The number of nitrogens with zero attached hydrogens (tertiary/aromatic N) is 1. The highest BCUT2D eigenvalue weighted by atomic mass is 16.3. The van der Waals surface area contributed by atoms with Gasteiger partial charge in [0, 0.05) is 11.6 Å². The molecule has 0 saturated carbocycles. The Bertz CT molecular complexity index is 733. The third-order valence-electron chi connectivity index (χ3n) is 4.23. The molecule has 120 valence electrons. The topological polar surface area (TPSA) is 78.0 Å². The lowest BCUT2D eigenvalue weighted by atomic mass is 9.95. The molecule has 0 aliphatic heterocycles. The minimum absolute atomic E-state index is 0.0275. The second-order valence-electron chi connectivity index (χ2n) is 5.90. The van der Waals surface area contributed by atoms with Crippen molar-refractivity contribution < 1.29 is 9.90 Å². The summed E-state index contributed by atoms with van der Waals surface area (Å²) in [6, 6.07) is 8.62. The number of amides is 1. The summed E-state index contributed by atoms with van der Waals surface area (Å²) in [6.45, 7) is 2.01. The van der Waals surface area contributed by atoms with Crippen molar-refractivity contribution in [3.8, 4) is 17.0 Å². The van der Waals surface area contributed by atoms with Crippen LogP contribution in [0, 0.1) is 0 Å². The largest absolute Gasteiger partial charge is 0.507 e. The molecule has 1 atom stereocenters. The predicted molar refractivity (Wildman–Crippen MR) is 89.2 cm³/mol. The number of H-pyrrole nitrogens is 1. The fraction of sp³-hybridized carbons (Fsp3) is 0.333. The lowest BCUT2D eigenvalue weighted by Crippen LogP contribution is -2.34. The number of aromatic nitrogens is 2. The fourth-order valence-corrected chi connectivity index (χ4v) is 2.89. The average molecular weight is 311 g/mol. The zero-order chi connectivity index (χ0) is 16.2. The number of para-hydroxylation sites is 1. The third kappa shape index (κ3) is 3.44. The average Bonchev–Trinajstić information content (AvgIpc) is 3.06. The molecule has 5 nitrogen and oxygen atoms in total. The molecule has 2 aromatic rings. The number of aromatic amines is 1. The van der Waals surface area contributed by atoms with Crippen molar-refractivity contribution in [2.24, 2.45) is 0 Å². The van der Waals surface area contributed by atoms with Gasteiger partial charge in [-0.25, -0.2) is 0 Å². The molecule has 0 fully saturated rings. The Morgan fingerprint density at radius 1 is 1.35 bits per heavy atom. The van der Waals surface area contributed by atoms with Crippen LogP contribution < -0.4 is 5.32 Å². The molecule has 1 amide bonds. The van der Waals surface area contributed by atoms with Crippen LogP contribution in [-0.2, 0) is 0 Å². The van der Waals surface area contributed by atoms with Crippen LogP contribution in [0.3, 0.4) is 0 Å². The number of nitrogens with one attached hydrogen (secondary N) is 2. The number of allylic oxidation sites excluding steroid dienone is 1. The van der Waals surface area contributed by atoms with Crippen LogP contribution in [-0.4, -0.2) is 27.3 Å². The molecular formula is C18H21N3O2. The molecule has 1 aromatic carbocycles. The fourth-order valence-electron chi connectivity index (χ4n) is 2.89. The maximum absolute atomic E-state index is 12.4. The van der Waals surface area contributed by atoms with Crippen LogP contribution in [0.4, 0.5) is 0 Å². The van der Waals surface area contributed by atoms with Gasteiger partial charge in [0.15, 0.2) is 0 Å². The molecule has 5 heteroatoms. The monoisotopic (exact) mass is 311 g/mol. The quantitative estimate of drug-likeness (QED) is 0.757. The summed E-state index contributed by atoms with van der Waals surface area (Å²) in [7, 11) is 0. The first-order valence-corrected chi connectivity index (χ1v) is 7.98. The number of phenols is 1. The van der Waals surface area contributed by atoms with Crippen molar-refractivity contribution in [3.63, 3.8) is 0 Å². The number of carbonyl (C=O) groups is 1. The number of aromatic hydroxyl groups is 1. The maximum atomic E-state index is 12.4. The van der Waals surface area contributed by atoms with Gasteiger partial charge in [0.25, 0.3) is 5.91 Å². The molecule has 1 heterocycles. The Morgan fingerprint density at radius 3 is 2.91 bits per heavy atom. The normalized spacial score (nSPS) is 15.8. The smallest absolute Gasteiger partial charge is 0.269 e. The molecule has 1 aliphatic carbocycles. The Hall–Kier alpha value is -2.56. The second kappa shape index (κ2) is 6.69. The highest BCUT2D eigenvalue weighted by molar-refractivity contribution is 5.93. The number of hydrogen-bond acceptors (Lipinski definition) is 3. The molecule has 0 radical (unpaired) electrons. The lowest BCUT2D eigenvalue weighted by molar-refractivity contribution is 0.0939. The van der Waals surface area contributed by atoms with Gasteiger partial charge in [-0.05, 0) is 50.8 Å². The van der Waals surface area contributed by atoms with E-state index in [-0.39, 0.29) is 17.7 Å². The van der Waals surface area contributed by atoms with E-state index >= 15 is 0 Å². The Balaban J connectivity index is 1.71. The summed E-state index contributed by atoms with van der Waals surface area (Å²) in [4.78, 5) is 12.4. The van der Waals surface area contributed by atoms with E-state index in [1.54, 1.807) is 24.3 Å². The van der Waals surface area contributed by atoms with E-state index in [0.717, 1.165) is 12.8 Å². The summed E-state index contributed by atoms with van der Waals surface area (Å²) in [6.07, 6.45) is 6.79. The van der Waals surface area contributed by atoms with Crippen molar-refractivity contribution in [1.29, 1.82) is 0 Å². The zero-order valence-electron chi connectivity index (χ0n) is 13.2. The van der Waals surface area contributed by atoms with Crippen molar-refractivity contribution in [1.82, 2.24) is 15.5 Å². The zero-order valence-corrected chi connectivity index (χ0v) is 13.2.